The highest BCUT2D eigenvalue weighted by molar-refractivity contribution is 8.03. The second kappa shape index (κ2) is 9.93. The maximum Gasteiger partial charge on any atom is 0.353 e. The number of rotatable bonds is 10. The number of carboxylic acid groups (broad SMARTS) is 1. The highest BCUT2D eigenvalue weighted by atomic mass is 32.2. The molecule has 0 aromatic carbocycles. The van der Waals surface area contributed by atoms with Crippen LogP contribution in [0, 0.1) is 11.8 Å². The van der Waals surface area contributed by atoms with Gasteiger partial charge in [-0.3, -0.25) is 9.59 Å². The molecular weight excluding hydrogens is 468 g/mol. The number of nitrogens with one attached hydrogen (secondary N) is 2. The lowest BCUT2D eigenvalue weighted by Gasteiger charge is -2.47. The minimum atomic E-state index is -3.52. The van der Waals surface area contributed by atoms with Crippen molar-refractivity contribution in [2.45, 2.75) is 63.4 Å². The van der Waals surface area contributed by atoms with Crippen molar-refractivity contribution in [1.82, 2.24) is 19.8 Å². The molecule has 3 heterocycles. The number of carbonyl (C=O) groups excluding carboxylic acids is 2. The van der Waals surface area contributed by atoms with Crippen LogP contribution in [0.3, 0.4) is 0 Å². The fourth-order valence-corrected chi connectivity index (χ4v) is 7.90. The Kier molecular flexibility index (Phi) is 7.82. The van der Waals surface area contributed by atoms with E-state index in [1.54, 1.807) is 21.0 Å². The lowest BCUT2D eigenvalue weighted by molar-refractivity contribution is -0.157. The quantitative estimate of drug-likeness (QED) is 0.366. The van der Waals surface area contributed by atoms with E-state index in [0.29, 0.717) is 24.3 Å². The first kappa shape index (κ1) is 26.0. The number of β-lactam (4-membered cyclic amide) rings is 1. The van der Waals surface area contributed by atoms with Crippen LogP contribution in [0.1, 0.15) is 40.0 Å². The lowest BCUT2D eigenvalue weighted by atomic mass is 9.78. The fourth-order valence-electron chi connectivity index (χ4n) is 4.92. The number of thioether (sulfide) groups is 1. The molecule has 2 amide bonds. The third kappa shape index (κ3) is 5.08. The van der Waals surface area contributed by atoms with Gasteiger partial charge in [-0.1, -0.05) is 20.3 Å². The van der Waals surface area contributed by atoms with E-state index in [1.807, 2.05) is 13.8 Å². The summed E-state index contributed by atoms with van der Waals surface area (Å²) in [5.74, 6) is -2.41. The van der Waals surface area contributed by atoms with Gasteiger partial charge in [-0.15, -0.1) is 11.8 Å². The average Bonchev–Trinajstić information content (AvgIpc) is 3.27. The van der Waals surface area contributed by atoms with E-state index >= 15 is 0 Å². The molecule has 0 aromatic rings. The topological polar surface area (TPSA) is 136 Å². The Morgan fingerprint density at radius 2 is 2.03 bits per heavy atom. The second-order valence-corrected chi connectivity index (χ2v) is 12.5. The molecule has 2 fully saturated rings. The molecule has 3 aliphatic rings. The number of carbonyl (C=O) groups is 3. The first-order valence-electron chi connectivity index (χ1n) is 11.3. The maximum absolute atomic E-state index is 13.0. The van der Waals surface area contributed by atoms with E-state index in [-0.39, 0.29) is 40.5 Å². The van der Waals surface area contributed by atoms with Crippen LogP contribution in [0.5, 0.6) is 0 Å². The molecule has 6 atom stereocenters. The van der Waals surface area contributed by atoms with E-state index in [9.17, 15) is 27.9 Å². The summed E-state index contributed by atoms with van der Waals surface area (Å²) in [6.45, 7) is 6.02. The molecule has 0 bridgehead atoms. The molecule has 2 saturated heterocycles. The van der Waals surface area contributed by atoms with E-state index in [2.05, 4.69) is 10.0 Å². The number of hydrogen-bond acceptors (Lipinski definition) is 7. The molecule has 0 aliphatic carbocycles. The molecule has 12 heteroatoms. The van der Waals surface area contributed by atoms with Crippen molar-refractivity contribution in [3.05, 3.63) is 10.6 Å². The Labute approximate surface area is 199 Å². The van der Waals surface area contributed by atoms with Gasteiger partial charge in [0.15, 0.2) is 0 Å². The van der Waals surface area contributed by atoms with E-state index < -0.39 is 34.0 Å². The number of sulfonamides is 1. The van der Waals surface area contributed by atoms with Crippen molar-refractivity contribution in [3.63, 3.8) is 0 Å². The standard InChI is InChI=1S/C21H34N4O6S2/c1-6-7-8-33(30,31)23-12(3)15-16-11(2)18(17(21(28)29)25(16)20(15)27)32-13-9-14(22-10-13)19(26)24(4)5/h11-16,22-23H,6-10H2,1-5H3,(H,28,29)/t11-,12-,13+,14+,15-,16-/m1/s1. The summed E-state index contributed by atoms with van der Waals surface area (Å²) in [5, 5.41) is 13.1. The van der Waals surface area contributed by atoms with Crippen molar-refractivity contribution in [2.75, 3.05) is 26.4 Å². The number of likely N-dealkylation sites (N-methyl/N-ethyl adjacent to an activating group) is 1. The van der Waals surface area contributed by atoms with Gasteiger partial charge >= 0.3 is 5.97 Å². The number of fused-ring (bicyclic) bond motifs is 1. The zero-order valence-electron chi connectivity index (χ0n) is 19.7. The van der Waals surface area contributed by atoms with Crippen molar-refractivity contribution < 1.29 is 27.9 Å². The number of aliphatic carboxylic acids is 1. The molecular formula is C21H34N4O6S2. The van der Waals surface area contributed by atoms with Gasteiger partial charge in [0.1, 0.15) is 5.70 Å². The van der Waals surface area contributed by atoms with Gasteiger partial charge in [0, 0.05) is 42.8 Å². The molecule has 0 radical (unpaired) electrons. The van der Waals surface area contributed by atoms with Gasteiger partial charge in [0.05, 0.1) is 23.8 Å². The number of amides is 2. The molecule has 0 spiro atoms. The third-order valence-electron chi connectivity index (χ3n) is 6.59. The zero-order chi connectivity index (χ0) is 24.7. The van der Waals surface area contributed by atoms with E-state index in [4.69, 9.17) is 0 Å². The highest BCUT2D eigenvalue weighted by Crippen LogP contribution is 2.51. The Morgan fingerprint density at radius 3 is 2.61 bits per heavy atom. The SMILES string of the molecule is CCCCS(=O)(=O)N[C@H](C)[C@H]1C(=O)N2C(C(=O)O)=C(S[C@@H]3CN[C@H](C(=O)N(C)C)C3)[C@H](C)[C@H]12. The largest absolute Gasteiger partial charge is 0.477 e. The van der Waals surface area contributed by atoms with Crippen molar-refractivity contribution in [3.8, 4) is 0 Å². The summed E-state index contributed by atoms with van der Waals surface area (Å²) < 4.78 is 27.3. The Balaban J connectivity index is 1.74. The molecule has 3 N–H and O–H groups in total. The van der Waals surface area contributed by atoms with Crippen LogP contribution in [0.25, 0.3) is 0 Å². The van der Waals surface area contributed by atoms with E-state index in [0.717, 1.165) is 6.42 Å². The predicted molar refractivity (Wildman–Crippen MR) is 126 cm³/mol. The predicted octanol–water partition coefficient (Wildman–Crippen LogP) is 0.419. The minimum absolute atomic E-state index is 0.0000712. The third-order valence-corrected chi connectivity index (χ3v) is 9.65. The number of nitrogens with zero attached hydrogens (tertiary/aromatic N) is 2. The zero-order valence-corrected chi connectivity index (χ0v) is 21.3. The van der Waals surface area contributed by atoms with Crippen LogP contribution in [0.15, 0.2) is 10.6 Å². The average molecular weight is 503 g/mol. The van der Waals surface area contributed by atoms with Crippen molar-refractivity contribution >= 4 is 39.6 Å². The van der Waals surface area contributed by atoms with Gasteiger partial charge < -0.3 is 20.2 Å². The summed E-state index contributed by atoms with van der Waals surface area (Å²) in [4.78, 5) is 40.8. The highest BCUT2D eigenvalue weighted by Gasteiger charge is 2.60. The van der Waals surface area contributed by atoms with Crippen LogP contribution in [-0.4, -0.2) is 90.9 Å². The summed E-state index contributed by atoms with van der Waals surface area (Å²) in [6, 6.07) is -1.34. The number of carboxylic acids is 1. The Hall–Kier alpha value is -1.63. The number of hydrogen-bond donors (Lipinski definition) is 3. The maximum atomic E-state index is 13.0. The molecule has 186 valence electrons. The van der Waals surface area contributed by atoms with Crippen LogP contribution >= 0.6 is 11.8 Å². The molecule has 33 heavy (non-hydrogen) atoms. The van der Waals surface area contributed by atoms with Crippen molar-refractivity contribution in [2.24, 2.45) is 11.8 Å². The van der Waals surface area contributed by atoms with Gasteiger partial charge in [0.25, 0.3) is 0 Å². The molecule has 0 unspecified atom stereocenters. The summed E-state index contributed by atoms with van der Waals surface area (Å²) >= 11 is 1.41. The van der Waals surface area contributed by atoms with Gasteiger partial charge in [0.2, 0.25) is 21.8 Å². The summed E-state index contributed by atoms with van der Waals surface area (Å²) in [7, 11) is -0.122. The molecule has 3 aliphatic heterocycles. The van der Waals surface area contributed by atoms with Crippen LogP contribution in [0.2, 0.25) is 0 Å². The Morgan fingerprint density at radius 1 is 1.36 bits per heavy atom. The monoisotopic (exact) mass is 502 g/mol. The Bertz CT molecular complexity index is 950. The van der Waals surface area contributed by atoms with Crippen LogP contribution in [-0.2, 0) is 24.4 Å². The summed E-state index contributed by atoms with van der Waals surface area (Å²) in [5.41, 5.74) is -0.0119. The summed E-state index contributed by atoms with van der Waals surface area (Å²) in [6.07, 6.45) is 1.85. The van der Waals surface area contributed by atoms with Crippen LogP contribution in [0.4, 0.5) is 0 Å². The van der Waals surface area contributed by atoms with Gasteiger partial charge in [-0.25, -0.2) is 17.9 Å². The van der Waals surface area contributed by atoms with E-state index in [1.165, 1.54) is 21.6 Å². The van der Waals surface area contributed by atoms with Gasteiger partial charge in [-0.05, 0) is 19.8 Å². The lowest BCUT2D eigenvalue weighted by Crippen LogP contribution is -2.66. The van der Waals surface area contributed by atoms with Crippen molar-refractivity contribution in [1.29, 1.82) is 0 Å². The molecule has 0 saturated carbocycles. The first-order valence-corrected chi connectivity index (χ1v) is 13.8. The first-order chi connectivity index (χ1) is 15.4. The minimum Gasteiger partial charge on any atom is -0.477 e. The van der Waals surface area contributed by atoms with Crippen LogP contribution < -0.4 is 10.0 Å². The second-order valence-electron chi connectivity index (χ2n) is 9.28. The number of unbranched alkanes of at least 4 members (excludes halogenated alkanes) is 1. The smallest absolute Gasteiger partial charge is 0.353 e. The molecule has 3 rings (SSSR count). The molecule has 10 nitrogen and oxygen atoms in total. The van der Waals surface area contributed by atoms with Gasteiger partial charge in [-0.2, -0.15) is 0 Å². The normalized spacial score (nSPS) is 30.3. The molecule has 0 aromatic heterocycles. The fraction of sp³-hybridized carbons (Fsp3) is 0.762.